The van der Waals surface area contributed by atoms with E-state index in [1.807, 2.05) is 19.2 Å². The summed E-state index contributed by atoms with van der Waals surface area (Å²) in [6, 6.07) is 11.2. The minimum atomic E-state index is -0.168. The van der Waals surface area contributed by atoms with Gasteiger partial charge in [0, 0.05) is 10.9 Å². The molecule has 3 heteroatoms. The summed E-state index contributed by atoms with van der Waals surface area (Å²) in [4.78, 5) is 1.28. The summed E-state index contributed by atoms with van der Waals surface area (Å²) in [5.41, 5.74) is 1.02. The van der Waals surface area contributed by atoms with Gasteiger partial charge in [-0.3, -0.25) is 0 Å². The van der Waals surface area contributed by atoms with Gasteiger partial charge < -0.3 is 5.32 Å². The number of nitrogens with one attached hydrogen (secondary N) is 1. The molecule has 0 aliphatic carbocycles. The van der Waals surface area contributed by atoms with Crippen LogP contribution in [0.5, 0.6) is 0 Å². The van der Waals surface area contributed by atoms with Gasteiger partial charge >= 0.3 is 0 Å². The van der Waals surface area contributed by atoms with Crippen molar-refractivity contribution in [1.82, 2.24) is 5.32 Å². The molecule has 0 saturated carbocycles. The Morgan fingerprint density at radius 1 is 1.31 bits per heavy atom. The monoisotopic (exact) mass is 235 g/mol. The van der Waals surface area contributed by atoms with Crippen LogP contribution in [0.15, 0.2) is 41.8 Å². The van der Waals surface area contributed by atoms with E-state index in [4.69, 9.17) is 0 Å². The Bertz CT molecular complexity index is 439. The molecule has 2 aromatic rings. The zero-order chi connectivity index (χ0) is 11.4. The Morgan fingerprint density at radius 3 is 2.81 bits per heavy atom. The highest BCUT2D eigenvalue weighted by molar-refractivity contribution is 7.10. The van der Waals surface area contributed by atoms with Gasteiger partial charge in [-0.1, -0.05) is 18.2 Å². The number of likely N-dealkylation sites (N-methyl/N-ethyl adjacent to an activating group) is 1. The van der Waals surface area contributed by atoms with Crippen molar-refractivity contribution in [2.24, 2.45) is 0 Å². The van der Waals surface area contributed by atoms with E-state index in [-0.39, 0.29) is 11.9 Å². The molecule has 0 radical (unpaired) electrons. The highest BCUT2D eigenvalue weighted by Gasteiger charge is 2.10. The molecule has 0 aliphatic heterocycles. The van der Waals surface area contributed by atoms with Crippen LogP contribution in [-0.2, 0) is 6.42 Å². The molecule has 0 amide bonds. The summed E-state index contributed by atoms with van der Waals surface area (Å²) in [5.74, 6) is -0.168. The zero-order valence-corrected chi connectivity index (χ0v) is 9.93. The fourth-order valence-corrected chi connectivity index (χ4v) is 2.57. The summed E-state index contributed by atoms with van der Waals surface area (Å²) in [6.07, 6.45) is 0.814. The van der Waals surface area contributed by atoms with E-state index in [1.165, 1.54) is 10.9 Å². The SMILES string of the molecule is CNC(Cc1cccc(F)c1)c1cccs1. The lowest BCUT2D eigenvalue weighted by molar-refractivity contribution is 0.592. The highest BCUT2D eigenvalue weighted by atomic mass is 32.1. The van der Waals surface area contributed by atoms with Crippen molar-refractivity contribution in [2.75, 3.05) is 7.05 Å². The summed E-state index contributed by atoms with van der Waals surface area (Å²) >= 11 is 1.72. The Kier molecular flexibility index (Phi) is 3.70. The lowest BCUT2D eigenvalue weighted by Gasteiger charge is -2.14. The van der Waals surface area contributed by atoms with E-state index < -0.39 is 0 Å². The summed E-state index contributed by atoms with van der Waals surface area (Å²) < 4.78 is 13.0. The molecule has 1 atom stereocenters. The van der Waals surface area contributed by atoms with Gasteiger partial charge in [0.15, 0.2) is 0 Å². The topological polar surface area (TPSA) is 12.0 Å². The third-order valence-corrected chi connectivity index (χ3v) is 3.55. The molecule has 16 heavy (non-hydrogen) atoms. The smallest absolute Gasteiger partial charge is 0.123 e. The second-order valence-corrected chi connectivity index (χ2v) is 4.67. The normalized spacial score (nSPS) is 12.6. The lowest BCUT2D eigenvalue weighted by atomic mass is 10.0. The van der Waals surface area contributed by atoms with Gasteiger partial charge in [-0.25, -0.2) is 4.39 Å². The van der Waals surface area contributed by atoms with E-state index in [1.54, 1.807) is 23.5 Å². The number of hydrogen-bond acceptors (Lipinski definition) is 2. The van der Waals surface area contributed by atoms with Crippen LogP contribution in [0.2, 0.25) is 0 Å². The quantitative estimate of drug-likeness (QED) is 0.856. The molecule has 1 aromatic carbocycles. The maximum Gasteiger partial charge on any atom is 0.123 e. The number of thiophene rings is 1. The summed E-state index contributed by atoms with van der Waals surface area (Å²) in [7, 11) is 1.93. The lowest BCUT2D eigenvalue weighted by Crippen LogP contribution is -2.17. The van der Waals surface area contributed by atoms with E-state index in [2.05, 4.69) is 16.8 Å². The largest absolute Gasteiger partial charge is 0.312 e. The third-order valence-electron chi connectivity index (χ3n) is 2.56. The van der Waals surface area contributed by atoms with Crippen LogP contribution in [-0.4, -0.2) is 7.05 Å². The van der Waals surface area contributed by atoms with Crippen molar-refractivity contribution >= 4 is 11.3 Å². The van der Waals surface area contributed by atoms with Crippen molar-refractivity contribution in [2.45, 2.75) is 12.5 Å². The predicted molar refractivity (Wildman–Crippen MR) is 66.2 cm³/mol. The van der Waals surface area contributed by atoms with Gasteiger partial charge in [-0.05, 0) is 42.6 Å². The second kappa shape index (κ2) is 5.23. The zero-order valence-electron chi connectivity index (χ0n) is 9.11. The van der Waals surface area contributed by atoms with Crippen LogP contribution in [0.25, 0.3) is 0 Å². The van der Waals surface area contributed by atoms with Gasteiger partial charge in [-0.15, -0.1) is 11.3 Å². The van der Waals surface area contributed by atoms with Crippen LogP contribution in [0, 0.1) is 5.82 Å². The second-order valence-electron chi connectivity index (χ2n) is 3.69. The average Bonchev–Trinajstić information content (AvgIpc) is 2.79. The first-order valence-corrected chi connectivity index (χ1v) is 6.12. The van der Waals surface area contributed by atoms with Crippen LogP contribution in [0.3, 0.4) is 0 Å². The summed E-state index contributed by atoms with van der Waals surface area (Å²) in [5, 5.41) is 5.32. The van der Waals surface area contributed by atoms with Gasteiger partial charge in [0.1, 0.15) is 5.82 Å². The average molecular weight is 235 g/mol. The fourth-order valence-electron chi connectivity index (χ4n) is 1.73. The predicted octanol–water partition coefficient (Wildman–Crippen LogP) is 3.39. The minimum Gasteiger partial charge on any atom is -0.312 e. The standard InChI is InChI=1S/C13H14FNS/c1-15-12(13-6-3-7-16-13)9-10-4-2-5-11(14)8-10/h2-8,12,15H,9H2,1H3. The summed E-state index contributed by atoms with van der Waals surface area (Å²) in [6.45, 7) is 0. The molecular weight excluding hydrogens is 221 g/mol. The molecule has 0 fully saturated rings. The Labute approximate surface area is 98.9 Å². The van der Waals surface area contributed by atoms with Gasteiger partial charge in [0.05, 0.1) is 0 Å². The molecule has 1 nitrogen and oxygen atoms in total. The first-order valence-electron chi connectivity index (χ1n) is 5.24. The number of rotatable bonds is 4. The van der Waals surface area contributed by atoms with Gasteiger partial charge in [0.2, 0.25) is 0 Å². The molecule has 1 unspecified atom stereocenters. The van der Waals surface area contributed by atoms with E-state index >= 15 is 0 Å². The maximum atomic E-state index is 13.0. The van der Waals surface area contributed by atoms with E-state index in [9.17, 15) is 4.39 Å². The van der Waals surface area contributed by atoms with Gasteiger partial charge in [-0.2, -0.15) is 0 Å². The molecule has 1 heterocycles. The van der Waals surface area contributed by atoms with Crippen LogP contribution in [0.1, 0.15) is 16.5 Å². The minimum absolute atomic E-state index is 0.168. The van der Waals surface area contributed by atoms with Crippen LogP contribution < -0.4 is 5.32 Å². The molecule has 2 rings (SSSR count). The van der Waals surface area contributed by atoms with E-state index in [0.29, 0.717) is 0 Å². The third kappa shape index (κ3) is 2.68. The molecule has 0 bridgehead atoms. The van der Waals surface area contributed by atoms with Crippen molar-refractivity contribution in [3.8, 4) is 0 Å². The Balaban J connectivity index is 2.13. The van der Waals surface area contributed by atoms with Crippen molar-refractivity contribution in [1.29, 1.82) is 0 Å². The molecule has 1 N–H and O–H groups in total. The van der Waals surface area contributed by atoms with Crippen molar-refractivity contribution in [3.05, 3.63) is 58.0 Å². The molecule has 1 aromatic heterocycles. The van der Waals surface area contributed by atoms with Crippen LogP contribution in [0.4, 0.5) is 4.39 Å². The van der Waals surface area contributed by atoms with E-state index in [0.717, 1.165) is 12.0 Å². The first-order chi connectivity index (χ1) is 7.79. The number of halogens is 1. The van der Waals surface area contributed by atoms with Crippen molar-refractivity contribution < 1.29 is 4.39 Å². The first kappa shape index (κ1) is 11.3. The molecular formula is C13H14FNS. The fraction of sp³-hybridized carbons (Fsp3) is 0.231. The number of hydrogen-bond donors (Lipinski definition) is 1. The molecule has 0 aliphatic rings. The van der Waals surface area contributed by atoms with Gasteiger partial charge in [0.25, 0.3) is 0 Å². The number of benzene rings is 1. The van der Waals surface area contributed by atoms with Crippen LogP contribution >= 0.6 is 11.3 Å². The highest BCUT2D eigenvalue weighted by Crippen LogP contribution is 2.22. The maximum absolute atomic E-state index is 13.0. The Morgan fingerprint density at radius 2 is 2.19 bits per heavy atom. The molecule has 0 saturated heterocycles. The molecule has 84 valence electrons. The van der Waals surface area contributed by atoms with Crippen molar-refractivity contribution in [3.63, 3.8) is 0 Å². The Hall–Kier alpha value is -1.19. The molecule has 0 spiro atoms.